The summed E-state index contributed by atoms with van der Waals surface area (Å²) in [5.74, 6) is -0.321. The van der Waals surface area contributed by atoms with Crippen LogP contribution in [0.4, 0.5) is 8.78 Å². The first-order valence-corrected chi connectivity index (χ1v) is 4.55. The zero-order valence-electron chi connectivity index (χ0n) is 8.18. The largest absolute Gasteiger partial charge is 0.435 e. The molecule has 0 atom stereocenters. The first kappa shape index (κ1) is 11.9. The van der Waals surface area contributed by atoms with Crippen LogP contribution < -0.4 is 4.74 Å². The van der Waals surface area contributed by atoms with Gasteiger partial charge in [0.25, 0.3) is 0 Å². The number of ketones is 1. The van der Waals surface area contributed by atoms with Gasteiger partial charge in [-0.1, -0.05) is 11.6 Å². The number of ether oxygens (including phenoxy) is 1. The Morgan fingerprint density at radius 1 is 1.47 bits per heavy atom. The van der Waals surface area contributed by atoms with Crippen molar-refractivity contribution < 1.29 is 18.3 Å². The van der Waals surface area contributed by atoms with Crippen LogP contribution in [0.5, 0.6) is 5.75 Å². The van der Waals surface area contributed by atoms with Crippen molar-refractivity contribution >= 4 is 17.4 Å². The smallest absolute Gasteiger partial charge is 0.387 e. The van der Waals surface area contributed by atoms with E-state index in [4.69, 9.17) is 11.6 Å². The Morgan fingerprint density at radius 3 is 2.53 bits per heavy atom. The number of benzene rings is 1. The molecule has 0 saturated carbocycles. The van der Waals surface area contributed by atoms with Crippen LogP contribution in [0.1, 0.15) is 22.8 Å². The fraction of sp³-hybridized carbons (Fsp3) is 0.300. The average Bonchev–Trinajstić information content (AvgIpc) is 2.08. The molecule has 2 nitrogen and oxygen atoms in total. The molecule has 82 valence electrons. The molecule has 0 heterocycles. The molecule has 5 heteroatoms. The van der Waals surface area contributed by atoms with Gasteiger partial charge in [-0.2, -0.15) is 8.78 Å². The molecule has 0 aliphatic rings. The summed E-state index contributed by atoms with van der Waals surface area (Å²) in [6.45, 7) is -0.0272. The van der Waals surface area contributed by atoms with Crippen LogP contribution in [-0.4, -0.2) is 12.4 Å². The van der Waals surface area contributed by atoms with E-state index >= 15 is 0 Å². The van der Waals surface area contributed by atoms with Crippen LogP contribution >= 0.6 is 11.6 Å². The van der Waals surface area contributed by atoms with Crippen molar-refractivity contribution in [1.82, 2.24) is 0 Å². The van der Waals surface area contributed by atoms with Crippen LogP contribution in [0.2, 0.25) is 5.02 Å². The Labute approximate surface area is 90.8 Å². The zero-order chi connectivity index (χ0) is 11.6. The minimum absolute atomic E-state index is 0.0281. The molecule has 0 unspecified atom stereocenters. The molecule has 0 spiro atoms. The van der Waals surface area contributed by atoms with E-state index in [-0.39, 0.29) is 22.1 Å². The number of hydrogen-bond acceptors (Lipinski definition) is 2. The Morgan fingerprint density at radius 2 is 2.07 bits per heavy atom. The third kappa shape index (κ3) is 2.89. The van der Waals surface area contributed by atoms with Crippen molar-refractivity contribution in [2.45, 2.75) is 20.5 Å². The van der Waals surface area contributed by atoms with Gasteiger partial charge in [0.15, 0.2) is 5.78 Å². The van der Waals surface area contributed by atoms with Gasteiger partial charge in [0.1, 0.15) is 5.75 Å². The average molecular weight is 235 g/mol. The van der Waals surface area contributed by atoms with Gasteiger partial charge in [-0.25, -0.2) is 0 Å². The maximum Gasteiger partial charge on any atom is 0.387 e. The van der Waals surface area contributed by atoms with Crippen LogP contribution in [0.25, 0.3) is 0 Å². The van der Waals surface area contributed by atoms with Crippen LogP contribution in [0.3, 0.4) is 0 Å². The molecule has 0 bridgehead atoms. The standard InChI is InChI=1S/C10H9ClF2O2/c1-5-3-8(11)7(6(2)14)4-9(5)15-10(12)13/h3-4,10H,1-2H3. The molecular weight excluding hydrogens is 226 g/mol. The molecule has 0 aromatic heterocycles. The highest BCUT2D eigenvalue weighted by Gasteiger charge is 2.13. The molecule has 0 aliphatic carbocycles. The molecule has 1 aromatic rings. The topological polar surface area (TPSA) is 26.3 Å². The minimum Gasteiger partial charge on any atom is -0.435 e. The molecule has 0 aliphatic heterocycles. The molecule has 0 N–H and O–H groups in total. The third-order valence-corrected chi connectivity index (χ3v) is 2.17. The van der Waals surface area contributed by atoms with Crippen LogP contribution in [-0.2, 0) is 0 Å². The monoisotopic (exact) mass is 234 g/mol. The maximum absolute atomic E-state index is 12.0. The lowest BCUT2D eigenvalue weighted by molar-refractivity contribution is -0.0503. The van der Waals surface area contributed by atoms with Crippen molar-refractivity contribution in [2.75, 3.05) is 0 Å². The van der Waals surface area contributed by atoms with Crippen molar-refractivity contribution in [2.24, 2.45) is 0 Å². The lowest BCUT2D eigenvalue weighted by Gasteiger charge is -2.10. The predicted octanol–water partition coefficient (Wildman–Crippen LogP) is 3.45. The van der Waals surface area contributed by atoms with Crippen molar-refractivity contribution in [3.8, 4) is 5.75 Å². The maximum atomic E-state index is 12.0. The van der Waals surface area contributed by atoms with Gasteiger partial charge < -0.3 is 4.74 Å². The first-order chi connectivity index (χ1) is 6.91. The lowest BCUT2D eigenvalue weighted by Crippen LogP contribution is -2.05. The summed E-state index contributed by atoms with van der Waals surface area (Å²) < 4.78 is 28.2. The minimum atomic E-state index is -2.91. The fourth-order valence-corrected chi connectivity index (χ4v) is 1.50. The number of alkyl halides is 2. The van der Waals surface area contributed by atoms with E-state index in [1.807, 2.05) is 0 Å². The van der Waals surface area contributed by atoms with Gasteiger partial charge in [0.2, 0.25) is 0 Å². The quantitative estimate of drug-likeness (QED) is 0.749. The molecule has 15 heavy (non-hydrogen) atoms. The Balaban J connectivity index is 3.17. The third-order valence-electron chi connectivity index (χ3n) is 1.86. The van der Waals surface area contributed by atoms with Crippen molar-refractivity contribution in [1.29, 1.82) is 0 Å². The van der Waals surface area contributed by atoms with Gasteiger partial charge in [0.05, 0.1) is 5.02 Å². The van der Waals surface area contributed by atoms with Crippen LogP contribution in [0.15, 0.2) is 12.1 Å². The summed E-state index contributed by atoms with van der Waals surface area (Å²) in [4.78, 5) is 11.1. The second-order valence-electron chi connectivity index (χ2n) is 3.03. The number of carbonyl (C=O) groups excluding carboxylic acids is 1. The van der Waals surface area contributed by atoms with E-state index in [9.17, 15) is 13.6 Å². The summed E-state index contributed by atoms with van der Waals surface area (Å²) in [7, 11) is 0. The number of halogens is 3. The number of carbonyl (C=O) groups is 1. The highest BCUT2D eigenvalue weighted by Crippen LogP contribution is 2.28. The van der Waals surface area contributed by atoms with E-state index in [2.05, 4.69) is 4.74 Å². The fourth-order valence-electron chi connectivity index (χ4n) is 1.15. The molecule has 0 fully saturated rings. The molecular formula is C10H9ClF2O2. The molecule has 1 aromatic carbocycles. The Kier molecular flexibility index (Phi) is 3.63. The normalized spacial score (nSPS) is 10.5. The summed E-state index contributed by atoms with van der Waals surface area (Å²) in [6.07, 6.45) is 0. The van der Waals surface area contributed by atoms with Gasteiger partial charge >= 0.3 is 6.61 Å². The second-order valence-corrected chi connectivity index (χ2v) is 3.44. The van der Waals surface area contributed by atoms with E-state index < -0.39 is 6.61 Å². The summed E-state index contributed by atoms with van der Waals surface area (Å²) in [6, 6.07) is 2.65. The molecule has 0 saturated heterocycles. The van der Waals surface area contributed by atoms with Gasteiger partial charge in [-0.05, 0) is 31.5 Å². The Hall–Kier alpha value is -1.16. The number of aryl methyl sites for hydroxylation is 1. The van der Waals surface area contributed by atoms with Gasteiger partial charge in [-0.15, -0.1) is 0 Å². The number of Topliss-reactive ketones (excluding diaryl/α,β-unsaturated/α-hetero) is 1. The molecule has 1 rings (SSSR count). The number of rotatable bonds is 3. The van der Waals surface area contributed by atoms with E-state index in [0.29, 0.717) is 5.56 Å². The number of hydrogen-bond donors (Lipinski definition) is 0. The zero-order valence-corrected chi connectivity index (χ0v) is 8.94. The van der Waals surface area contributed by atoms with Gasteiger partial charge in [-0.3, -0.25) is 4.79 Å². The summed E-state index contributed by atoms with van der Waals surface area (Å²) in [5.41, 5.74) is 0.642. The highest BCUT2D eigenvalue weighted by molar-refractivity contribution is 6.34. The summed E-state index contributed by atoms with van der Waals surface area (Å²) in [5, 5.41) is 0.238. The van der Waals surface area contributed by atoms with E-state index in [1.54, 1.807) is 6.92 Å². The summed E-state index contributed by atoms with van der Waals surface area (Å²) >= 11 is 5.77. The molecule has 0 amide bonds. The SMILES string of the molecule is CC(=O)c1cc(OC(F)F)c(C)cc1Cl. The second kappa shape index (κ2) is 4.57. The van der Waals surface area contributed by atoms with Gasteiger partial charge in [0, 0.05) is 5.56 Å². The van der Waals surface area contributed by atoms with E-state index in [1.165, 1.54) is 19.1 Å². The van der Waals surface area contributed by atoms with Crippen LogP contribution in [0, 0.1) is 6.92 Å². The van der Waals surface area contributed by atoms with Crippen molar-refractivity contribution in [3.63, 3.8) is 0 Å². The van der Waals surface area contributed by atoms with E-state index in [0.717, 1.165) is 0 Å². The van der Waals surface area contributed by atoms with Crippen molar-refractivity contribution in [3.05, 3.63) is 28.3 Å². The lowest BCUT2D eigenvalue weighted by atomic mass is 10.1. The Bertz CT molecular complexity index is 391. The molecule has 0 radical (unpaired) electrons. The first-order valence-electron chi connectivity index (χ1n) is 4.17. The highest BCUT2D eigenvalue weighted by atomic mass is 35.5. The predicted molar refractivity (Wildman–Crippen MR) is 52.8 cm³/mol.